The second-order valence-corrected chi connectivity index (χ2v) is 2.21. The van der Waals surface area contributed by atoms with Crippen molar-refractivity contribution in [2.24, 2.45) is 4.99 Å². The van der Waals surface area contributed by atoms with Gasteiger partial charge in [0.1, 0.15) is 0 Å². The first-order chi connectivity index (χ1) is 4.34. The maximum Gasteiger partial charge on any atom is 0.0277 e. The molecule has 1 heterocycles. The molecule has 0 amide bonds. The van der Waals surface area contributed by atoms with Crippen molar-refractivity contribution in [1.29, 1.82) is 0 Å². The predicted octanol–water partition coefficient (Wildman–Crippen LogP) is 0.954. The molecule has 1 aliphatic rings. The van der Waals surface area contributed by atoms with Gasteiger partial charge in [0.15, 0.2) is 0 Å². The van der Waals surface area contributed by atoms with E-state index in [1.165, 1.54) is 11.3 Å². The van der Waals surface area contributed by atoms with Crippen molar-refractivity contribution >= 4 is 6.21 Å². The summed E-state index contributed by atoms with van der Waals surface area (Å²) < 4.78 is 0. The molecule has 9 heavy (non-hydrogen) atoms. The summed E-state index contributed by atoms with van der Waals surface area (Å²) in [4.78, 5) is 3.95. The van der Waals surface area contributed by atoms with Crippen LogP contribution in [0.15, 0.2) is 16.3 Å². The summed E-state index contributed by atoms with van der Waals surface area (Å²) in [6, 6.07) is 0. The minimum absolute atomic E-state index is 1.08. The molecule has 50 valence electrons. The molecule has 0 radical (unpaired) electrons. The van der Waals surface area contributed by atoms with E-state index >= 15 is 0 Å². The molecule has 0 saturated carbocycles. The summed E-state index contributed by atoms with van der Waals surface area (Å²) in [6.45, 7) is 3.16. The van der Waals surface area contributed by atoms with Crippen molar-refractivity contribution in [1.82, 2.24) is 5.32 Å². The highest BCUT2D eigenvalue weighted by atomic mass is 14.9. The molecule has 0 unspecified atom stereocenters. The Balaban J connectivity index is 2.66. The van der Waals surface area contributed by atoms with E-state index in [0.717, 1.165) is 13.0 Å². The summed E-state index contributed by atoms with van der Waals surface area (Å²) in [5.41, 5.74) is 2.62. The Kier molecular flexibility index (Phi) is 1.88. The molecule has 0 aliphatic carbocycles. The second kappa shape index (κ2) is 2.67. The van der Waals surface area contributed by atoms with Gasteiger partial charge in [-0.25, -0.2) is 0 Å². The van der Waals surface area contributed by atoms with E-state index in [1.54, 1.807) is 7.05 Å². The predicted molar refractivity (Wildman–Crippen MR) is 39.7 cm³/mol. The van der Waals surface area contributed by atoms with E-state index in [2.05, 4.69) is 17.2 Å². The lowest BCUT2D eigenvalue weighted by atomic mass is 10.2. The van der Waals surface area contributed by atoms with Crippen LogP contribution >= 0.6 is 0 Å². The normalized spacial score (nSPS) is 19.3. The largest absolute Gasteiger partial charge is 0.388 e. The lowest BCUT2D eigenvalue weighted by Gasteiger charge is -1.92. The standard InChI is InChI=1S/C7H12N2/c1-6-7(5-8-2)3-4-9-6/h5,9H,3-4H2,1-2H3. The van der Waals surface area contributed by atoms with Crippen LogP contribution in [0.25, 0.3) is 0 Å². The molecule has 0 aromatic rings. The van der Waals surface area contributed by atoms with E-state index in [0.29, 0.717) is 0 Å². The molecule has 0 atom stereocenters. The maximum absolute atomic E-state index is 3.95. The van der Waals surface area contributed by atoms with E-state index in [4.69, 9.17) is 0 Å². The van der Waals surface area contributed by atoms with Crippen LogP contribution in [0.5, 0.6) is 0 Å². The molecule has 2 heteroatoms. The second-order valence-electron chi connectivity index (χ2n) is 2.21. The van der Waals surface area contributed by atoms with E-state index in [9.17, 15) is 0 Å². The first-order valence-electron chi connectivity index (χ1n) is 3.20. The number of hydrogen-bond acceptors (Lipinski definition) is 2. The van der Waals surface area contributed by atoms with Crippen LogP contribution in [0.1, 0.15) is 13.3 Å². The zero-order valence-corrected chi connectivity index (χ0v) is 5.94. The Morgan fingerprint density at radius 1 is 1.67 bits per heavy atom. The van der Waals surface area contributed by atoms with Crippen molar-refractivity contribution < 1.29 is 0 Å². The van der Waals surface area contributed by atoms with Gasteiger partial charge in [0.25, 0.3) is 0 Å². The zero-order chi connectivity index (χ0) is 6.69. The highest BCUT2D eigenvalue weighted by Gasteiger charge is 2.05. The molecular formula is C7H12N2. The van der Waals surface area contributed by atoms with Gasteiger partial charge in [-0.3, -0.25) is 4.99 Å². The molecule has 0 bridgehead atoms. The number of allylic oxidation sites excluding steroid dienone is 1. The van der Waals surface area contributed by atoms with E-state index in [-0.39, 0.29) is 0 Å². The third-order valence-corrected chi connectivity index (χ3v) is 1.55. The highest BCUT2D eigenvalue weighted by molar-refractivity contribution is 5.80. The molecule has 0 spiro atoms. The minimum atomic E-state index is 1.08. The van der Waals surface area contributed by atoms with Gasteiger partial charge in [0.05, 0.1) is 0 Å². The maximum atomic E-state index is 3.95. The number of rotatable bonds is 1. The van der Waals surface area contributed by atoms with Gasteiger partial charge in [0, 0.05) is 25.5 Å². The van der Waals surface area contributed by atoms with Gasteiger partial charge < -0.3 is 5.32 Å². The average molecular weight is 124 g/mol. The Labute approximate surface area is 55.7 Å². The van der Waals surface area contributed by atoms with Gasteiger partial charge >= 0.3 is 0 Å². The Bertz CT molecular complexity index is 156. The minimum Gasteiger partial charge on any atom is -0.388 e. The number of nitrogens with one attached hydrogen (secondary N) is 1. The Hall–Kier alpha value is -0.790. The monoisotopic (exact) mass is 124 g/mol. The van der Waals surface area contributed by atoms with Crippen molar-refractivity contribution in [2.45, 2.75) is 13.3 Å². The van der Waals surface area contributed by atoms with Crippen LogP contribution in [0.4, 0.5) is 0 Å². The summed E-state index contributed by atoms with van der Waals surface area (Å²) >= 11 is 0. The number of nitrogens with zero attached hydrogens (tertiary/aromatic N) is 1. The molecule has 0 saturated heterocycles. The number of aliphatic imine (C=N–C) groups is 1. The first kappa shape index (κ1) is 6.33. The fraction of sp³-hybridized carbons (Fsp3) is 0.571. The smallest absolute Gasteiger partial charge is 0.0277 e. The van der Waals surface area contributed by atoms with Gasteiger partial charge in [-0.05, 0) is 18.9 Å². The molecule has 1 aliphatic heterocycles. The summed E-state index contributed by atoms with van der Waals surface area (Å²) in [5, 5.41) is 3.24. The summed E-state index contributed by atoms with van der Waals surface area (Å²) in [6.07, 6.45) is 3.05. The lowest BCUT2D eigenvalue weighted by molar-refractivity contribution is 0.874. The van der Waals surface area contributed by atoms with Crippen LogP contribution in [-0.2, 0) is 0 Å². The van der Waals surface area contributed by atoms with Crippen LogP contribution in [0, 0.1) is 0 Å². The molecule has 2 nitrogen and oxygen atoms in total. The van der Waals surface area contributed by atoms with Crippen LogP contribution in [0.2, 0.25) is 0 Å². The van der Waals surface area contributed by atoms with Crippen LogP contribution in [-0.4, -0.2) is 19.8 Å². The fourth-order valence-corrected chi connectivity index (χ4v) is 1.00. The molecule has 1 rings (SSSR count). The quantitative estimate of drug-likeness (QED) is 0.517. The topological polar surface area (TPSA) is 24.4 Å². The van der Waals surface area contributed by atoms with Gasteiger partial charge in [-0.15, -0.1) is 0 Å². The molecule has 1 N–H and O–H groups in total. The van der Waals surface area contributed by atoms with Crippen molar-refractivity contribution in [3.63, 3.8) is 0 Å². The van der Waals surface area contributed by atoms with Crippen molar-refractivity contribution in [3.05, 3.63) is 11.3 Å². The summed E-state index contributed by atoms with van der Waals surface area (Å²) in [7, 11) is 1.80. The molecular weight excluding hydrogens is 112 g/mol. The van der Waals surface area contributed by atoms with E-state index in [1.807, 2.05) is 6.21 Å². The third kappa shape index (κ3) is 1.31. The molecule has 0 fully saturated rings. The number of hydrogen-bond donors (Lipinski definition) is 1. The van der Waals surface area contributed by atoms with Crippen LogP contribution < -0.4 is 5.32 Å². The molecule has 0 aromatic carbocycles. The van der Waals surface area contributed by atoms with Gasteiger partial charge in [-0.1, -0.05) is 0 Å². The first-order valence-corrected chi connectivity index (χ1v) is 3.20. The zero-order valence-electron chi connectivity index (χ0n) is 5.94. The van der Waals surface area contributed by atoms with E-state index < -0.39 is 0 Å². The Morgan fingerprint density at radius 3 is 2.89 bits per heavy atom. The van der Waals surface area contributed by atoms with Crippen LogP contribution in [0.3, 0.4) is 0 Å². The highest BCUT2D eigenvalue weighted by Crippen LogP contribution is 2.09. The fourth-order valence-electron chi connectivity index (χ4n) is 1.00. The van der Waals surface area contributed by atoms with Crippen molar-refractivity contribution in [3.8, 4) is 0 Å². The average Bonchev–Trinajstić information content (AvgIpc) is 2.18. The van der Waals surface area contributed by atoms with Crippen molar-refractivity contribution in [2.75, 3.05) is 13.6 Å². The lowest BCUT2D eigenvalue weighted by Crippen LogP contribution is -2.03. The SMILES string of the molecule is CN=CC1=C(C)NCC1. The summed E-state index contributed by atoms with van der Waals surface area (Å²) in [5.74, 6) is 0. The van der Waals surface area contributed by atoms with Gasteiger partial charge in [-0.2, -0.15) is 0 Å². The van der Waals surface area contributed by atoms with Gasteiger partial charge in [0.2, 0.25) is 0 Å². The molecule has 0 aromatic heterocycles. The third-order valence-electron chi connectivity index (χ3n) is 1.55. The Morgan fingerprint density at radius 2 is 2.44 bits per heavy atom.